The van der Waals surface area contributed by atoms with Crippen LogP contribution in [0.25, 0.3) is 0 Å². The standard InChI is InChI=1S/C13H20N2O4S/c1-9-5-6-11(13(16)19-4)7-12(9)20(17,18)15(3)10(2)8-14/h5-7,10H,8,14H2,1-4H3. The lowest BCUT2D eigenvalue weighted by molar-refractivity contribution is 0.0600. The van der Waals surface area contributed by atoms with Gasteiger partial charge in [-0.1, -0.05) is 6.07 Å². The van der Waals surface area contributed by atoms with Gasteiger partial charge in [0.1, 0.15) is 0 Å². The molecule has 2 N–H and O–H groups in total. The third kappa shape index (κ3) is 3.17. The molecule has 1 atom stereocenters. The van der Waals surface area contributed by atoms with Crippen LogP contribution in [0.4, 0.5) is 0 Å². The van der Waals surface area contributed by atoms with Crippen molar-refractivity contribution in [1.82, 2.24) is 4.31 Å². The summed E-state index contributed by atoms with van der Waals surface area (Å²) in [5, 5.41) is 0. The third-order valence-corrected chi connectivity index (χ3v) is 5.34. The molecular weight excluding hydrogens is 280 g/mol. The first kappa shape index (κ1) is 16.6. The monoisotopic (exact) mass is 300 g/mol. The summed E-state index contributed by atoms with van der Waals surface area (Å²) in [6.07, 6.45) is 0. The molecule has 0 bridgehead atoms. The van der Waals surface area contributed by atoms with E-state index in [1.807, 2.05) is 0 Å². The van der Waals surface area contributed by atoms with Crippen LogP contribution in [-0.4, -0.2) is 45.4 Å². The van der Waals surface area contributed by atoms with E-state index in [0.717, 1.165) is 0 Å². The van der Waals surface area contributed by atoms with Crippen LogP contribution in [-0.2, 0) is 14.8 Å². The molecule has 1 rings (SSSR count). The lowest BCUT2D eigenvalue weighted by Crippen LogP contribution is -2.39. The van der Waals surface area contributed by atoms with Gasteiger partial charge in [0.05, 0.1) is 17.6 Å². The van der Waals surface area contributed by atoms with Gasteiger partial charge in [0, 0.05) is 19.6 Å². The fourth-order valence-corrected chi connectivity index (χ4v) is 3.28. The Morgan fingerprint density at radius 3 is 2.55 bits per heavy atom. The van der Waals surface area contributed by atoms with Crippen molar-refractivity contribution in [2.75, 3.05) is 20.7 Å². The van der Waals surface area contributed by atoms with E-state index in [9.17, 15) is 13.2 Å². The predicted molar refractivity (Wildman–Crippen MR) is 76.0 cm³/mol. The number of benzene rings is 1. The summed E-state index contributed by atoms with van der Waals surface area (Å²) < 4.78 is 30.9. The maximum absolute atomic E-state index is 12.5. The molecule has 0 fully saturated rings. The van der Waals surface area contributed by atoms with E-state index in [4.69, 9.17) is 5.73 Å². The average molecular weight is 300 g/mol. The summed E-state index contributed by atoms with van der Waals surface area (Å²) in [5.74, 6) is -0.573. The second-order valence-electron chi connectivity index (χ2n) is 4.58. The Bertz CT molecular complexity index is 598. The van der Waals surface area contributed by atoms with Crippen molar-refractivity contribution < 1.29 is 17.9 Å². The molecule has 0 aliphatic carbocycles. The van der Waals surface area contributed by atoms with Crippen molar-refractivity contribution in [3.63, 3.8) is 0 Å². The lowest BCUT2D eigenvalue weighted by Gasteiger charge is -2.24. The van der Waals surface area contributed by atoms with E-state index in [1.54, 1.807) is 19.9 Å². The molecule has 1 aromatic rings. The van der Waals surface area contributed by atoms with Gasteiger partial charge in [-0.05, 0) is 31.5 Å². The van der Waals surface area contributed by atoms with Gasteiger partial charge in [-0.3, -0.25) is 0 Å². The molecule has 112 valence electrons. The van der Waals surface area contributed by atoms with E-state index in [1.165, 1.54) is 30.6 Å². The number of hydrogen-bond donors (Lipinski definition) is 1. The summed E-state index contributed by atoms with van der Waals surface area (Å²) in [5.41, 5.74) is 6.27. The van der Waals surface area contributed by atoms with Crippen LogP contribution in [0.3, 0.4) is 0 Å². The van der Waals surface area contributed by atoms with Crippen LogP contribution in [0.2, 0.25) is 0 Å². The number of methoxy groups -OCH3 is 1. The van der Waals surface area contributed by atoms with Crippen molar-refractivity contribution in [3.05, 3.63) is 29.3 Å². The first-order chi connectivity index (χ1) is 9.25. The summed E-state index contributed by atoms with van der Waals surface area (Å²) in [6.45, 7) is 3.61. The Kier molecular flexibility index (Phi) is 5.27. The van der Waals surface area contributed by atoms with E-state index < -0.39 is 16.0 Å². The van der Waals surface area contributed by atoms with Gasteiger partial charge in [-0.15, -0.1) is 0 Å². The number of carbonyl (C=O) groups excluding carboxylic acids is 1. The van der Waals surface area contributed by atoms with Crippen molar-refractivity contribution in [2.24, 2.45) is 5.73 Å². The van der Waals surface area contributed by atoms with E-state index in [2.05, 4.69) is 4.74 Å². The molecule has 6 nitrogen and oxygen atoms in total. The third-order valence-electron chi connectivity index (χ3n) is 3.23. The highest BCUT2D eigenvalue weighted by molar-refractivity contribution is 7.89. The molecule has 0 saturated carbocycles. The number of ether oxygens (including phenoxy) is 1. The summed E-state index contributed by atoms with van der Waals surface area (Å²) in [6, 6.07) is 4.12. The molecule has 0 radical (unpaired) electrons. The fraction of sp³-hybridized carbons (Fsp3) is 0.462. The lowest BCUT2D eigenvalue weighted by atomic mass is 10.1. The Hall–Kier alpha value is -1.44. The van der Waals surface area contributed by atoms with Crippen LogP contribution < -0.4 is 5.73 Å². The molecule has 0 heterocycles. The highest BCUT2D eigenvalue weighted by atomic mass is 32.2. The second-order valence-corrected chi connectivity index (χ2v) is 6.54. The Morgan fingerprint density at radius 2 is 2.05 bits per heavy atom. The molecule has 0 aliphatic heterocycles. The van der Waals surface area contributed by atoms with Gasteiger partial charge in [0.15, 0.2) is 0 Å². The smallest absolute Gasteiger partial charge is 0.337 e. The minimum Gasteiger partial charge on any atom is -0.465 e. The number of esters is 1. The molecular formula is C13H20N2O4S. The van der Waals surface area contributed by atoms with Crippen molar-refractivity contribution in [1.29, 1.82) is 0 Å². The Balaban J connectivity index is 3.34. The number of hydrogen-bond acceptors (Lipinski definition) is 5. The van der Waals surface area contributed by atoms with Crippen LogP contribution in [0.15, 0.2) is 23.1 Å². The zero-order valence-electron chi connectivity index (χ0n) is 12.1. The number of carbonyl (C=O) groups is 1. The second kappa shape index (κ2) is 6.34. The van der Waals surface area contributed by atoms with Crippen molar-refractivity contribution in [2.45, 2.75) is 24.8 Å². The summed E-state index contributed by atoms with van der Waals surface area (Å²) in [7, 11) is -0.981. The Labute approximate surface area is 119 Å². The minimum absolute atomic E-state index is 0.0863. The highest BCUT2D eigenvalue weighted by Crippen LogP contribution is 2.22. The molecule has 0 spiro atoms. The van der Waals surface area contributed by atoms with Crippen molar-refractivity contribution in [3.8, 4) is 0 Å². The normalized spacial score (nSPS) is 13.3. The zero-order chi connectivity index (χ0) is 15.5. The first-order valence-electron chi connectivity index (χ1n) is 6.12. The highest BCUT2D eigenvalue weighted by Gasteiger charge is 2.27. The van der Waals surface area contributed by atoms with Crippen LogP contribution in [0, 0.1) is 6.92 Å². The van der Waals surface area contributed by atoms with Gasteiger partial charge >= 0.3 is 5.97 Å². The van der Waals surface area contributed by atoms with Crippen LogP contribution in [0.5, 0.6) is 0 Å². The van der Waals surface area contributed by atoms with E-state index >= 15 is 0 Å². The number of nitrogens with two attached hydrogens (primary N) is 1. The van der Waals surface area contributed by atoms with Gasteiger partial charge < -0.3 is 10.5 Å². The molecule has 0 saturated heterocycles. The van der Waals surface area contributed by atoms with Crippen LogP contribution in [0.1, 0.15) is 22.8 Å². The summed E-state index contributed by atoms with van der Waals surface area (Å²) >= 11 is 0. The maximum Gasteiger partial charge on any atom is 0.337 e. The number of nitrogens with zero attached hydrogens (tertiary/aromatic N) is 1. The topological polar surface area (TPSA) is 89.7 Å². The van der Waals surface area contributed by atoms with Crippen LogP contribution >= 0.6 is 0 Å². The largest absolute Gasteiger partial charge is 0.465 e. The number of sulfonamides is 1. The maximum atomic E-state index is 12.5. The zero-order valence-corrected chi connectivity index (χ0v) is 12.9. The van der Waals surface area contributed by atoms with Gasteiger partial charge in [-0.2, -0.15) is 4.31 Å². The number of likely N-dealkylation sites (N-methyl/N-ethyl adjacent to an activating group) is 1. The van der Waals surface area contributed by atoms with Gasteiger partial charge in [0.2, 0.25) is 10.0 Å². The predicted octanol–water partition coefficient (Wildman–Crippen LogP) is 0.749. The average Bonchev–Trinajstić information content (AvgIpc) is 2.44. The minimum atomic E-state index is -3.70. The van der Waals surface area contributed by atoms with Gasteiger partial charge in [0.25, 0.3) is 0 Å². The van der Waals surface area contributed by atoms with E-state index in [-0.39, 0.29) is 23.0 Å². The molecule has 20 heavy (non-hydrogen) atoms. The molecule has 7 heteroatoms. The number of rotatable bonds is 5. The van der Waals surface area contributed by atoms with E-state index in [0.29, 0.717) is 5.56 Å². The quantitative estimate of drug-likeness (QED) is 0.810. The Morgan fingerprint density at radius 1 is 1.45 bits per heavy atom. The molecule has 0 aromatic heterocycles. The first-order valence-corrected chi connectivity index (χ1v) is 7.56. The fourth-order valence-electron chi connectivity index (χ4n) is 1.66. The molecule has 1 aromatic carbocycles. The van der Waals surface area contributed by atoms with Gasteiger partial charge in [-0.25, -0.2) is 13.2 Å². The van der Waals surface area contributed by atoms with Crippen molar-refractivity contribution >= 4 is 16.0 Å². The molecule has 0 amide bonds. The number of aryl methyl sites for hydroxylation is 1. The SMILES string of the molecule is COC(=O)c1ccc(C)c(S(=O)(=O)N(C)C(C)CN)c1. The summed E-state index contributed by atoms with van der Waals surface area (Å²) in [4.78, 5) is 11.6. The molecule has 1 unspecified atom stereocenters. The molecule has 0 aliphatic rings.